The number of Topliss-reactive ketones (excluding diaryl/α,β-unsaturated/α-hetero) is 1. The fraction of sp³-hybridized carbons (Fsp3) is 0.472. The molecule has 7 rings (SSSR count). The normalized spacial score (nSPS) is 29.3. The van der Waals surface area contributed by atoms with E-state index in [4.69, 9.17) is 28.1 Å². The van der Waals surface area contributed by atoms with Crippen molar-refractivity contribution in [1.29, 1.82) is 0 Å². The quantitative estimate of drug-likeness (QED) is 0.0784. The highest BCUT2D eigenvalue weighted by molar-refractivity contribution is 6.74. The number of esters is 4. The molecule has 1 heterocycles. The number of rotatable bonds is 12. The van der Waals surface area contributed by atoms with E-state index in [1.165, 1.54) is 6.92 Å². The molecule has 4 aliphatic rings. The number of amides is 1. The molecule has 3 aromatic rings. The minimum absolute atomic E-state index is 0.130. The molecule has 10 atom stereocenters. The second kappa shape index (κ2) is 18.3. The van der Waals surface area contributed by atoms with E-state index in [0.717, 1.165) is 6.92 Å². The molecule has 0 aromatic heterocycles. The number of aliphatic hydroxyl groups is 1. The lowest BCUT2D eigenvalue weighted by atomic mass is 9.46. The van der Waals surface area contributed by atoms with Gasteiger partial charge in [-0.25, -0.2) is 9.59 Å². The third-order valence-corrected chi connectivity index (χ3v) is 19.5. The number of carbonyl (C=O) groups is 6. The second-order valence-corrected chi connectivity index (χ2v) is 25.5. The van der Waals surface area contributed by atoms with Crippen LogP contribution in [0.4, 0.5) is 0 Å². The number of ether oxygens (including phenoxy) is 5. The first-order valence-electron chi connectivity index (χ1n) is 23.0. The van der Waals surface area contributed by atoms with Crippen LogP contribution < -0.4 is 5.32 Å². The topological polar surface area (TPSA) is 190 Å². The highest BCUT2D eigenvalue weighted by Gasteiger charge is 2.75. The summed E-state index contributed by atoms with van der Waals surface area (Å²) in [7, 11) is -2.91. The van der Waals surface area contributed by atoms with Gasteiger partial charge in [-0.05, 0) is 73.0 Å². The van der Waals surface area contributed by atoms with Crippen molar-refractivity contribution in [3.63, 3.8) is 0 Å². The zero-order valence-corrected chi connectivity index (χ0v) is 41.6. The number of hydrogen-bond acceptors (Lipinski definition) is 13. The van der Waals surface area contributed by atoms with Crippen LogP contribution in [0.5, 0.6) is 0 Å². The van der Waals surface area contributed by atoms with Crippen molar-refractivity contribution in [2.45, 2.75) is 135 Å². The maximum Gasteiger partial charge on any atom is 0.338 e. The van der Waals surface area contributed by atoms with Gasteiger partial charge in [0.1, 0.15) is 23.9 Å². The molecule has 10 unspecified atom stereocenters. The molecule has 0 spiro atoms. The summed E-state index contributed by atoms with van der Waals surface area (Å²) in [5, 5.41) is 16.6. The van der Waals surface area contributed by atoms with E-state index in [-0.39, 0.29) is 17.7 Å². The second-order valence-electron chi connectivity index (χ2n) is 20.7. The van der Waals surface area contributed by atoms with Crippen LogP contribution in [-0.2, 0) is 47.3 Å². The third-order valence-electron chi connectivity index (χ3n) is 15.1. The molecular formula is C53H63NO13Si. The van der Waals surface area contributed by atoms with E-state index >= 15 is 9.59 Å². The Labute approximate surface area is 398 Å². The van der Waals surface area contributed by atoms with Gasteiger partial charge in [-0.2, -0.15) is 0 Å². The smallest absolute Gasteiger partial charge is 0.338 e. The first-order valence-corrected chi connectivity index (χ1v) is 25.9. The number of ketones is 1. The number of carbonyl (C=O) groups excluding carboxylic acids is 6. The van der Waals surface area contributed by atoms with Crippen LogP contribution in [0, 0.1) is 16.7 Å². The number of allylic oxidation sites excluding steroid dienone is 1. The molecule has 1 saturated heterocycles. The molecule has 14 nitrogen and oxygen atoms in total. The first-order chi connectivity index (χ1) is 31.8. The summed E-state index contributed by atoms with van der Waals surface area (Å²) in [6.07, 6.45) is -4.38. The highest BCUT2D eigenvalue weighted by atomic mass is 28.4. The monoisotopic (exact) mass is 949 g/mol. The van der Waals surface area contributed by atoms with Crippen molar-refractivity contribution in [3.05, 3.63) is 131 Å². The third kappa shape index (κ3) is 8.78. The lowest BCUT2D eigenvalue weighted by Gasteiger charge is -2.65. The van der Waals surface area contributed by atoms with Gasteiger partial charge in [0.05, 0.1) is 29.5 Å². The maximum absolute atomic E-state index is 15.7. The summed E-state index contributed by atoms with van der Waals surface area (Å²) in [6, 6.07) is 24.5. The minimum Gasteiger partial charge on any atom is -0.456 e. The zero-order chi connectivity index (χ0) is 49.8. The van der Waals surface area contributed by atoms with Crippen LogP contribution in [0.25, 0.3) is 0 Å². The zero-order valence-electron chi connectivity index (χ0n) is 40.6. The van der Waals surface area contributed by atoms with Crippen LogP contribution in [0.2, 0.25) is 18.1 Å². The first kappa shape index (κ1) is 50.1. The maximum atomic E-state index is 15.7. The molecular weight excluding hydrogens is 887 g/mol. The Balaban J connectivity index is 1.43. The molecule has 3 aliphatic carbocycles. The molecule has 68 heavy (non-hydrogen) atoms. The molecule has 2 fully saturated rings. The van der Waals surface area contributed by atoms with Gasteiger partial charge in [0.25, 0.3) is 5.91 Å². The van der Waals surface area contributed by atoms with Gasteiger partial charge < -0.3 is 38.5 Å². The van der Waals surface area contributed by atoms with Crippen molar-refractivity contribution in [2.75, 3.05) is 6.61 Å². The van der Waals surface area contributed by atoms with Crippen molar-refractivity contribution >= 4 is 43.9 Å². The average molecular weight is 950 g/mol. The number of nitrogens with one attached hydrogen (secondary N) is 1. The molecule has 1 saturated carbocycles. The SMILES string of the molecule is CC(=O)OC1C(=O)C2(C)C=CC3OCC3(OC(C)=O)C2C(OC(=O)c2ccccc2)C2(O)CC(OC(=O)C(O[Si](C)(C)C(C)(C)C)C(NC(=O)c3ccccc3)c3ccccc3)C(C)=C1C2(C)C. The molecule has 2 N–H and O–H groups in total. The van der Waals surface area contributed by atoms with Crippen molar-refractivity contribution in [3.8, 4) is 0 Å². The van der Waals surface area contributed by atoms with Gasteiger partial charge in [-0.3, -0.25) is 19.2 Å². The lowest BCUT2D eigenvalue weighted by Crippen LogP contribution is -2.78. The Bertz CT molecular complexity index is 2520. The van der Waals surface area contributed by atoms with Gasteiger partial charge in [0.2, 0.25) is 0 Å². The minimum atomic E-state index is -2.91. The van der Waals surface area contributed by atoms with Crippen LogP contribution in [0.1, 0.15) is 101 Å². The van der Waals surface area contributed by atoms with Gasteiger partial charge in [0, 0.05) is 31.2 Å². The van der Waals surface area contributed by atoms with Crippen LogP contribution in [0.15, 0.2) is 114 Å². The summed E-state index contributed by atoms with van der Waals surface area (Å²) >= 11 is 0. The van der Waals surface area contributed by atoms with E-state index in [1.807, 2.05) is 39.9 Å². The van der Waals surface area contributed by atoms with Crippen LogP contribution in [-0.4, -0.2) is 97.3 Å². The average Bonchev–Trinajstić information content (AvgIpc) is 3.27. The highest BCUT2D eigenvalue weighted by Crippen LogP contribution is 2.63. The summed E-state index contributed by atoms with van der Waals surface area (Å²) in [5.41, 5.74) is -5.81. The van der Waals surface area contributed by atoms with E-state index in [2.05, 4.69) is 5.32 Å². The van der Waals surface area contributed by atoms with Crippen molar-refractivity contribution < 1.29 is 62.0 Å². The Morgan fingerprint density at radius 3 is 1.93 bits per heavy atom. The lowest BCUT2D eigenvalue weighted by molar-refractivity contribution is -0.306. The van der Waals surface area contributed by atoms with Crippen LogP contribution >= 0.6 is 0 Å². The Morgan fingerprint density at radius 2 is 1.40 bits per heavy atom. The van der Waals surface area contributed by atoms with Gasteiger partial charge in [0.15, 0.2) is 31.9 Å². The Hall–Kier alpha value is -5.74. The molecule has 1 amide bonds. The Kier molecular flexibility index (Phi) is 13.5. The van der Waals surface area contributed by atoms with E-state index in [9.17, 15) is 24.3 Å². The largest absolute Gasteiger partial charge is 0.456 e. The standard InChI is InChI=1S/C53H63NO13Si/c1-31-37(64-48(60)42(67-68(10,11)49(4,5)6)40(34-21-15-12-16-22-34)54-46(58)35-23-17-13-18-24-35)29-53(61)45(65-47(59)36-25-19-14-20-26-36)43-51(9,28-27-38-52(43,30-62-38)66-33(3)56)44(57)41(63-32(2)55)39(31)50(53,7)8/h12-28,37-38,40-43,45,61H,29-30H2,1-11H3,(H,54,58). The van der Waals surface area contributed by atoms with E-state index < -0.39 is 120 Å². The fourth-order valence-corrected chi connectivity index (χ4v) is 11.6. The fourth-order valence-electron chi connectivity index (χ4n) is 10.3. The van der Waals surface area contributed by atoms with E-state index in [1.54, 1.807) is 125 Å². The van der Waals surface area contributed by atoms with Gasteiger partial charge in [-0.1, -0.05) is 114 Å². The summed E-state index contributed by atoms with van der Waals surface area (Å²) in [6.45, 7) is 18.7. The number of fused-ring (bicyclic) bond motifs is 5. The number of benzene rings is 3. The van der Waals surface area contributed by atoms with Gasteiger partial charge >= 0.3 is 23.9 Å². The summed E-state index contributed by atoms with van der Waals surface area (Å²) in [4.78, 5) is 85.9. The molecule has 3 aromatic carbocycles. The summed E-state index contributed by atoms with van der Waals surface area (Å²) in [5.74, 6) is -5.75. The van der Waals surface area contributed by atoms with Gasteiger partial charge in [-0.15, -0.1) is 0 Å². The van der Waals surface area contributed by atoms with Crippen molar-refractivity contribution in [2.24, 2.45) is 16.7 Å². The summed E-state index contributed by atoms with van der Waals surface area (Å²) < 4.78 is 38.3. The molecule has 1 aliphatic heterocycles. The molecule has 15 heteroatoms. The molecule has 362 valence electrons. The number of hydrogen-bond donors (Lipinski definition) is 2. The van der Waals surface area contributed by atoms with E-state index in [0.29, 0.717) is 16.7 Å². The predicted molar refractivity (Wildman–Crippen MR) is 252 cm³/mol. The molecule has 0 radical (unpaired) electrons. The van der Waals surface area contributed by atoms with Crippen LogP contribution in [0.3, 0.4) is 0 Å². The van der Waals surface area contributed by atoms with Crippen molar-refractivity contribution in [1.82, 2.24) is 5.32 Å². The Morgan fingerprint density at radius 1 is 0.824 bits per heavy atom. The predicted octanol–water partition coefficient (Wildman–Crippen LogP) is 7.57. The molecule has 2 bridgehead atoms.